The molecule has 104 valence electrons. The van der Waals surface area contributed by atoms with Crippen molar-refractivity contribution in [3.05, 3.63) is 59.1 Å². The topological polar surface area (TPSA) is 46.1 Å². The van der Waals surface area contributed by atoms with Gasteiger partial charge in [0.05, 0.1) is 5.69 Å². The summed E-state index contributed by atoms with van der Waals surface area (Å²) in [4.78, 5) is 15.0. The van der Waals surface area contributed by atoms with Crippen LogP contribution in [0.3, 0.4) is 0 Å². The van der Waals surface area contributed by atoms with Crippen molar-refractivity contribution < 1.29 is 4.79 Å². The van der Waals surface area contributed by atoms with Gasteiger partial charge in [-0.3, -0.25) is 4.79 Å². The Morgan fingerprint density at radius 2 is 2.15 bits per heavy atom. The smallest absolute Gasteiger partial charge is 0.268 e. The number of nitrogens with zero attached hydrogens (tertiary/aromatic N) is 3. The fourth-order valence-corrected chi connectivity index (χ4v) is 2.64. The molecule has 1 aromatic heterocycles. The van der Waals surface area contributed by atoms with Crippen molar-refractivity contribution in [2.75, 3.05) is 6.54 Å². The van der Waals surface area contributed by atoms with Gasteiger partial charge in [0.15, 0.2) is 0 Å². The predicted molar refractivity (Wildman–Crippen MR) is 80.7 cm³/mol. The molecule has 0 aliphatic carbocycles. The molecule has 0 fully saturated rings. The van der Waals surface area contributed by atoms with Gasteiger partial charge in [-0.1, -0.05) is 47.8 Å². The normalized spacial score (nSPS) is 10.2. The summed E-state index contributed by atoms with van der Waals surface area (Å²) in [5, 5.41) is 4.00. The summed E-state index contributed by atoms with van der Waals surface area (Å²) in [6.07, 6.45) is 2.45. The van der Waals surface area contributed by atoms with Crippen LogP contribution in [0.4, 0.5) is 0 Å². The summed E-state index contributed by atoms with van der Waals surface area (Å²) >= 11 is 1.16. The Hall–Kier alpha value is -2.01. The maximum Gasteiger partial charge on any atom is 0.268 e. The molecule has 1 aromatic carbocycles. The van der Waals surface area contributed by atoms with E-state index in [-0.39, 0.29) is 5.91 Å². The molecule has 0 unspecified atom stereocenters. The first-order chi connectivity index (χ1) is 9.76. The van der Waals surface area contributed by atoms with Crippen LogP contribution in [0.25, 0.3) is 0 Å². The zero-order chi connectivity index (χ0) is 14.4. The zero-order valence-corrected chi connectivity index (χ0v) is 12.3. The van der Waals surface area contributed by atoms with Gasteiger partial charge in [0.25, 0.3) is 5.91 Å². The Kier molecular flexibility index (Phi) is 5.01. The SMILES string of the molecule is C=CCN(Cc1ccccc1)C(=O)c1snnc1CC. The molecule has 0 radical (unpaired) electrons. The van der Waals surface area contributed by atoms with Crippen molar-refractivity contribution in [2.24, 2.45) is 0 Å². The first kappa shape index (κ1) is 14.4. The van der Waals surface area contributed by atoms with E-state index in [4.69, 9.17) is 0 Å². The van der Waals surface area contributed by atoms with Crippen LogP contribution < -0.4 is 0 Å². The number of aromatic nitrogens is 2. The van der Waals surface area contributed by atoms with E-state index in [0.29, 0.717) is 24.4 Å². The highest BCUT2D eigenvalue weighted by Gasteiger charge is 2.21. The van der Waals surface area contributed by atoms with Gasteiger partial charge in [-0.15, -0.1) is 11.7 Å². The van der Waals surface area contributed by atoms with Gasteiger partial charge in [-0.25, -0.2) is 0 Å². The molecule has 0 saturated carbocycles. The molecule has 1 heterocycles. The average molecular weight is 287 g/mol. The predicted octanol–water partition coefficient (Wildman–Crippen LogP) is 2.93. The monoisotopic (exact) mass is 287 g/mol. The Morgan fingerprint density at radius 1 is 1.40 bits per heavy atom. The molecule has 0 saturated heterocycles. The second-order valence-corrected chi connectivity index (χ2v) is 5.12. The lowest BCUT2D eigenvalue weighted by Gasteiger charge is -2.20. The molecule has 0 aliphatic heterocycles. The van der Waals surface area contributed by atoms with Crippen molar-refractivity contribution in [3.63, 3.8) is 0 Å². The lowest BCUT2D eigenvalue weighted by atomic mass is 10.2. The minimum absolute atomic E-state index is 0.0272. The third-order valence-corrected chi connectivity index (χ3v) is 3.69. The van der Waals surface area contributed by atoms with Gasteiger partial charge >= 0.3 is 0 Å². The van der Waals surface area contributed by atoms with Crippen LogP contribution in [-0.4, -0.2) is 26.9 Å². The lowest BCUT2D eigenvalue weighted by Crippen LogP contribution is -2.30. The van der Waals surface area contributed by atoms with Gasteiger partial charge in [0.1, 0.15) is 4.88 Å². The van der Waals surface area contributed by atoms with Crippen molar-refractivity contribution >= 4 is 17.4 Å². The number of hydrogen-bond donors (Lipinski definition) is 0. The molecule has 0 N–H and O–H groups in total. The van der Waals surface area contributed by atoms with Gasteiger partial charge in [0.2, 0.25) is 0 Å². The Labute approximate surface area is 122 Å². The van der Waals surface area contributed by atoms with E-state index in [9.17, 15) is 4.79 Å². The molecule has 0 bridgehead atoms. The van der Waals surface area contributed by atoms with Crippen LogP contribution in [0.5, 0.6) is 0 Å². The highest BCUT2D eigenvalue weighted by molar-refractivity contribution is 7.08. The standard InChI is InChI=1S/C15H17N3OS/c1-3-10-18(11-12-8-6-5-7-9-12)15(19)14-13(4-2)16-17-20-14/h3,5-9H,1,4,10-11H2,2H3. The van der Waals surface area contributed by atoms with Gasteiger partial charge in [0, 0.05) is 13.1 Å². The number of aryl methyl sites for hydroxylation is 1. The Balaban J connectivity index is 2.20. The van der Waals surface area contributed by atoms with Crippen LogP contribution in [0, 0.1) is 0 Å². The second kappa shape index (κ2) is 6.96. The van der Waals surface area contributed by atoms with Crippen LogP contribution >= 0.6 is 11.5 Å². The molecule has 4 nitrogen and oxygen atoms in total. The number of carbonyl (C=O) groups is 1. The summed E-state index contributed by atoms with van der Waals surface area (Å²) in [6, 6.07) is 9.92. The third-order valence-electron chi connectivity index (χ3n) is 2.94. The number of amides is 1. The summed E-state index contributed by atoms with van der Waals surface area (Å²) in [5.74, 6) is -0.0272. The summed E-state index contributed by atoms with van der Waals surface area (Å²) < 4.78 is 3.88. The van der Waals surface area contributed by atoms with Crippen molar-refractivity contribution in [1.82, 2.24) is 14.5 Å². The Morgan fingerprint density at radius 3 is 2.80 bits per heavy atom. The first-order valence-corrected chi connectivity index (χ1v) is 7.29. The largest absolute Gasteiger partial charge is 0.330 e. The van der Waals surface area contributed by atoms with Gasteiger partial charge < -0.3 is 4.90 Å². The fourth-order valence-electron chi connectivity index (χ4n) is 1.92. The molecule has 5 heteroatoms. The van der Waals surface area contributed by atoms with E-state index < -0.39 is 0 Å². The third kappa shape index (κ3) is 3.30. The van der Waals surface area contributed by atoms with Gasteiger partial charge in [-0.05, 0) is 23.5 Å². The van der Waals surface area contributed by atoms with Gasteiger partial charge in [-0.2, -0.15) is 0 Å². The van der Waals surface area contributed by atoms with Crippen LogP contribution in [-0.2, 0) is 13.0 Å². The van der Waals surface area contributed by atoms with Crippen LogP contribution in [0.15, 0.2) is 43.0 Å². The van der Waals surface area contributed by atoms with Crippen molar-refractivity contribution in [1.29, 1.82) is 0 Å². The summed E-state index contributed by atoms with van der Waals surface area (Å²) in [6.45, 7) is 6.77. The number of benzene rings is 1. The first-order valence-electron chi connectivity index (χ1n) is 6.51. The molecular weight excluding hydrogens is 270 g/mol. The minimum Gasteiger partial charge on any atom is -0.330 e. The summed E-state index contributed by atoms with van der Waals surface area (Å²) in [5.41, 5.74) is 1.86. The van der Waals surface area contributed by atoms with E-state index in [1.807, 2.05) is 37.3 Å². The number of rotatable bonds is 6. The molecule has 1 amide bonds. The lowest BCUT2D eigenvalue weighted by molar-refractivity contribution is 0.0766. The molecule has 0 spiro atoms. The van der Waals surface area contributed by atoms with Crippen molar-refractivity contribution in [3.8, 4) is 0 Å². The molecule has 2 aromatic rings. The average Bonchev–Trinajstić information content (AvgIpc) is 2.95. The van der Waals surface area contributed by atoms with E-state index in [2.05, 4.69) is 16.2 Å². The van der Waals surface area contributed by atoms with E-state index >= 15 is 0 Å². The maximum absolute atomic E-state index is 12.6. The minimum atomic E-state index is -0.0272. The highest BCUT2D eigenvalue weighted by atomic mass is 32.1. The highest BCUT2D eigenvalue weighted by Crippen LogP contribution is 2.16. The quantitative estimate of drug-likeness (QED) is 0.767. The van der Waals surface area contributed by atoms with E-state index in [0.717, 1.165) is 22.8 Å². The molecule has 2 rings (SSSR count). The molecule has 0 aliphatic rings. The van der Waals surface area contributed by atoms with Crippen LogP contribution in [0.1, 0.15) is 27.9 Å². The van der Waals surface area contributed by atoms with Crippen molar-refractivity contribution in [2.45, 2.75) is 19.9 Å². The van der Waals surface area contributed by atoms with Crippen LogP contribution in [0.2, 0.25) is 0 Å². The number of hydrogen-bond acceptors (Lipinski definition) is 4. The molecule has 20 heavy (non-hydrogen) atoms. The molecule has 0 atom stereocenters. The van der Waals surface area contributed by atoms with E-state index in [1.165, 1.54) is 0 Å². The summed E-state index contributed by atoms with van der Waals surface area (Å²) in [7, 11) is 0. The zero-order valence-electron chi connectivity index (χ0n) is 11.5. The number of carbonyl (C=O) groups excluding carboxylic acids is 1. The maximum atomic E-state index is 12.6. The second-order valence-electron chi connectivity index (χ2n) is 4.36. The Bertz CT molecular complexity index is 580. The fraction of sp³-hybridized carbons (Fsp3) is 0.267. The van der Waals surface area contributed by atoms with E-state index in [1.54, 1.807) is 11.0 Å². The molecular formula is C15H17N3OS.